The van der Waals surface area contributed by atoms with Crippen LogP contribution in [0.1, 0.15) is 57.8 Å². The van der Waals surface area contributed by atoms with Crippen LogP contribution in [-0.4, -0.2) is 27.8 Å². The predicted molar refractivity (Wildman–Crippen MR) is 72.6 cm³/mol. The van der Waals surface area contributed by atoms with E-state index in [0.717, 1.165) is 30.4 Å². The van der Waals surface area contributed by atoms with Crippen LogP contribution in [0.4, 0.5) is 0 Å². The maximum atomic E-state index is 11.4. The van der Waals surface area contributed by atoms with E-state index in [-0.39, 0.29) is 0 Å². The normalized spacial score (nSPS) is 41.1. The molecule has 0 aromatic carbocycles. The van der Waals surface area contributed by atoms with Gasteiger partial charge in [0.1, 0.15) is 0 Å². The van der Waals surface area contributed by atoms with Gasteiger partial charge in [0.05, 0.1) is 0 Å². The van der Waals surface area contributed by atoms with Crippen molar-refractivity contribution in [2.75, 3.05) is 11.5 Å². The van der Waals surface area contributed by atoms with Gasteiger partial charge in [-0.15, -0.1) is 0 Å². The van der Waals surface area contributed by atoms with E-state index in [4.69, 9.17) is 0 Å². The molecular formula is C14H25NOS. The molecule has 17 heavy (non-hydrogen) atoms. The highest BCUT2D eigenvalue weighted by molar-refractivity contribution is 7.85. The van der Waals surface area contributed by atoms with E-state index in [2.05, 4.69) is 5.32 Å². The van der Waals surface area contributed by atoms with Crippen molar-refractivity contribution in [2.24, 2.45) is 5.41 Å². The Morgan fingerprint density at radius 2 is 1.65 bits per heavy atom. The smallest absolute Gasteiger partial charge is 0.0249 e. The second-order valence-corrected chi connectivity index (χ2v) is 8.00. The summed E-state index contributed by atoms with van der Waals surface area (Å²) < 4.78 is 11.4. The zero-order chi connectivity index (χ0) is 11.7. The van der Waals surface area contributed by atoms with Crippen molar-refractivity contribution in [3.8, 4) is 0 Å². The molecule has 1 atom stereocenters. The van der Waals surface area contributed by atoms with Crippen LogP contribution in [-0.2, 0) is 10.8 Å². The van der Waals surface area contributed by atoms with Crippen molar-refractivity contribution in [1.82, 2.24) is 5.32 Å². The second-order valence-electron chi connectivity index (χ2n) is 6.30. The zero-order valence-corrected chi connectivity index (χ0v) is 11.6. The summed E-state index contributed by atoms with van der Waals surface area (Å²) in [5.74, 6) is 1.86. The van der Waals surface area contributed by atoms with E-state index in [1.165, 1.54) is 44.9 Å². The third-order valence-electron chi connectivity index (χ3n) is 5.34. The molecule has 1 heterocycles. The van der Waals surface area contributed by atoms with Crippen molar-refractivity contribution in [1.29, 1.82) is 0 Å². The molecule has 0 radical (unpaired) electrons. The Balaban J connectivity index is 1.53. The van der Waals surface area contributed by atoms with Crippen LogP contribution in [0.15, 0.2) is 0 Å². The van der Waals surface area contributed by atoms with Crippen LogP contribution in [0.25, 0.3) is 0 Å². The third kappa shape index (κ3) is 2.46. The Morgan fingerprint density at radius 1 is 0.941 bits per heavy atom. The molecule has 0 bridgehead atoms. The van der Waals surface area contributed by atoms with Gasteiger partial charge in [0, 0.05) is 34.4 Å². The van der Waals surface area contributed by atoms with E-state index in [1.807, 2.05) is 0 Å². The lowest BCUT2D eigenvalue weighted by Crippen LogP contribution is -2.57. The molecule has 2 nitrogen and oxygen atoms in total. The highest BCUT2D eigenvalue weighted by Gasteiger charge is 2.47. The van der Waals surface area contributed by atoms with Gasteiger partial charge in [-0.1, -0.05) is 19.3 Å². The summed E-state index contributed by atoms with van der Waals surface area (Å²) in [5, 5.41) is 3.90. The van der Waals surface area contributed by atoms with Crippen molar-refractivity contribution >= 4 is 10.8 Å². The van der Waals surface area contributed by atoms with Crippen LogP contribution in [0, 0.1) is 5.41 Å². The molecule has 3 heteroatoms. The van der Waals surface area contributed by atoms with Gasteiger partial charge in [0.15, 0.2) is 0 Å². The molecule has 0 amide bonds. The first-order chi connectivity index (χ1) is 8.28. The minimum atomic E-state index is -0.513. The Labute approximate surface area is 107 Å². The molecule has 3 aliphatic rings. The molecule has 2 aliphatic carbocycles. The lowest BCUT2D eigenvalue weighted by Gasteiger charge is -2.54. The van der Waals surface area contributed by atoms with Crippen molar-refractivity contribution < 1.29 is 4.21 Å². The lowest BCUT2D eigenvalue weighted by atomic mass is 9.57. The van der Waals surface area contributed by atoms with Gasteiger partial charge in [-0.05, 0) is 43.9 Å². The third-order valence-corrected chi connectivity index (χ3v) is 6.73. The highest BCUT2D eigenvalue weighted by Crippen LogP contribution is 2.51. The molecule has 0 aromatic rings. The second kappa shape index (κ2) is 5.00. The van der Waals surface area contributed by atoms with Gasteiger partial charge in [-0.3, -0.25) is 4.21 Å². The number of nitrogens with one attached hydrogen (secondary N) is 1. The van der Waals surface area contributed by atoms with Crippen LogP contribution in [0.3, 0.4) is 0 Å². The summed E-state index contributed by atoms with van der Waals surface area (Å²) in [6.45, 7) is 0. The Morgan fingerprint density at radius 3 is 2.24 bits per heavy atom. The fraction of sp³-hybridized carbons (Fsp3) is 1.00. The van der Waals surface area contributed by atoms with E-state index in [1.54, 1.807) is 0 Å². The fourth-order valence-corrected chi connectivity index (χ4v) is 5.36. The molecule has 98 valence electrons. The summed E-state index contributed by atoms with van der Waals surface area (Å²) >= 11 is 0. The monoisotopic (exact) mass is 255 g/mol. The molecule has 2 saturated carbocycles. The Kier molecular flexibility index (Phi) is 3.58. The van der Waals surface area contributed by atoms with Gasteiger partial charge in [-0.25, -0.2) is 0 Å². The largest absolute Gasteiger partial charge is 0.311 e. The average molecular weight is 255 g/mol. The van der Waals surface area contributed by atoms with Gasteiger partial charge >= 0.3 is 0 Å². The Hall–Kier alpha value is 0.110. The lowest BCUT2D eigenvalue weighted by molar-refractivity contribution is 0.0158. The van der Waals surface area contributed by atoms with E-state index in [0.29, 0.717) is 11.5 Å². The van der Waals surface area contributed by atoms with Crippen LogP contribution in [0.5, 0.6) is 0 Å². The molecule has 1 N–H and O–H groups in total. The molecular weight excluding hydrogens is 230 g/mol. The summed E-state index contributed by atoms with van der Waals surface area (Å²) in [6, 6.07) is 1.45. The predicted octanol–water partition coefficient (Wildman–Crippen LogP) is 2.60. The summed E-state index contributed by atoms with van der Waals surface area (Å²) in [4.78, 5) is 0. The maximum Gasteiger partial charge on any atom is 0.0249 e. The number of rotatable bonds is 2. The first-order valence-electron chi connectivity index (χ1n) is 7.40. The van der Waals surface area contributed by atoms with Crippen molar-refractivity contribution in [3.63, 3.8) is 0 Å². The fourth-order valence-electron chi connectivity index (χ4n) is 4.06. The topological polar surface area (TPSA) is 29.1 Å². The molecule has 1 saturated heterocycles. The maximum absolute atomic E-state index is 11.4. The first-order valence-corrected chi connectivity index (χ1v) is 8.88. The standard InChI is InChI=1S/C14H25NOS/c16-17-10-5-12(6-11-17)15-13-4-9-14(13)7-2-1-3-8-14/h12-13,15H,1-11H2. The zero-order valence-electron chi connectivity index (χ0n) is 10.7. The van der Waals surface area contributed by atoms with E-state index >= 15 is 0 Å². The molecule has 1 aliphatic heterocycles. The molecule has 1 spiro atoms. The van der Waals surface area contributed by atoms with Crippen LogP contribution >= 0.6 is 0 Å². The summed E-state index contributed by atoms with van der Waals surface area (Å²) in [6.07, 6.45) is 12.4. The van der Waals surface area contributed by atoms with Crippen molar-refractivity contribution in [2.45, 2.75) is 69.9 Å². The van der Waals surface area contributed by atoms with Gasteiger partial charge in [-0.2, -0.15) is 0 Å². The Bertz CT molecular complexity index is 289. The molecule has 0 aromatic heterocycles. The number of hydrogen-bond donors (Lipinski definition) is 1. The van der Waals surface area contributed by atoms with E-state index in [9.17, 15) is 4.21 Å². The minimum absolute atomic E-state index is 0.513. The molecule has 1 unspecified atom stereocenters. The SMILES string of the molecule is O=S1CCC(NC2CCC23CCCCC3)CC1. The minimum Gasteiger partial charge on any atom is -0.311 e. The number of hydrogen-bond acceptors (Lipinski definition) is 2. The van der Waals surface area contributed by atoms with Crippen molar-refractivity contribution in [3.05, 3.63) is 0 Å². The van der Waals surface area contributed by atoms with Gasteiger partial charge < -0.3 is 5.32 Å². The van der Waals surface area contributed by atoms with Gasteiger partial charge in [0.25, 0.3) is 0 Å². The van der Waals surface area contributed by atoms with Crippen LogP contribution < -0.4 is 5.32 Å². The molecule has 3 fully saturated rings. The first kappa shape index (κ1) is 12.2. The van der Waals surface area contributed by atoms with Crippen LogP contribution in [0.2, 0.25) is 0 Å². The highest BCUT2D eigenvalue weighted by atomic mass is 32.2. The molecule has 3 rings (SSSR count). The quantitative estimate of drug-likeness (QED) is 0.822. The average Bonchev–Trinajstić information content (AvgIpc) is 2.38. The van der Waals surface area contributed by atoms with E-state index < -0.39 is 10.8 Å². The summed E-state index contributed by atoms with van der Waals surface area (Å²) in [7, 11) is -0.513. The summed E-state index contributed by atoms with van der Waals surface area (Å²) in [5.41, 5.74) is 0.675. The van der Waals surface area contributed by atoms with Gasteiger partial charge in [0.2, 0.25) is 0 Å².